The fourth-order valence-corrected chi connectivity index (χ4v) is 11.7. The molecular weight excluding hydrogens is 570 g/mol. The molecule has 168 valence electrons. The summed E-state index contributed by atoms with van der Waals surface area (Å²) in [5, 5.41) is 6.70. The van der Waals surface area contributed by atoms with E-state index in [1.54, 1.807) is 3.13 Å². The van der Waals surface area contributed by atoms with Crippen molar-refractivity contribution in [3.05, 3.63) is 109 Å². The number of aromatic nitrogens is 2. The Hall–Kier alpha value is -3.52. The van der Waals surface area contributed by atoms with Gasteiger partial charge in [-0.25, -0.2) is 0 Å². The van der Waals surface area contributed by atoms with Gasteiger partial charge in [-0.15, -0.1) is 0 Å². The number of para-hydroxylation sites is 2. The molecule has 0 bridgehead atoms. The van der Waals surface area contributed by atoms with E-state index in [0.29, 0.717) is 29.0 Å². The van der Waals surface area contributed by atoms with Crippen LogP contribution in [0.2, 0.25) is 0 Å². The molecule has 0 spiro atoms. The summed E-state index contributed by atoms with van der Waals surface area (Å²) in [5.41, 5.74) is 7.04. The molecule has 0 aliphatic rings. The predicted octanol–water partition coefficient (Wildman–Crippen LogP) is 7.69. The van der Waals surface area contributed by atoms with Crippen molar-refractivity contribution in [2.45, 2.75) is 0 Å². The van der Waals surface area contributed by atoms with Crippen molar-refractivity contribution in [1.29, 1.82) is 0 Å². The number of hydrogen-bond donors (Lipinski definition) is 0. The van der Waals surface area contributed by atoms with E-state index in [9.17, 15) is 0 Å². The van der Waals surface area contributed by atoms with Crippen molar-refractivity contribution in [2.24, 2.45) is 0 Å². The summed E-state index contributed by atoms with van der Waals surface area (Å²) >= 11 is 0.806. The molecule has 36 heavy (non-hydrogen) atoms. The van der Waals surface area contributed by atoms with Crippen LogP contribution in [0.5, 0.6) is 0 Å². The second-order valence-corrected chi connectivity index (χ2v) is 14.8. The normalized spacial score (nSPS) is 11.9. The van der Waals surface area contributed by atoms with Gasteiger partial charge in [0.25, 0.3) is 0 Å². The third kappa shape index (κ3) is 3.10. The zero-order chi connectivity index (χ0) is 23.6. The topological polar surface area (TPSA) is 25.8 Å². The van der Waals surface area contributed by atoms with E-state index in [1.165, 1.54) is 57.7 Å². The SMILES string of the molecule is c1cnc2c(-c3ccc4[se]c5[se]c6ccc(-c7cccc8cccnc78)cc6c5c4c3)cccc2c1. The molecule has 4 aromatic carbocycles. The summed E-state index contributed by atoms with van der Waals surface area (Å²) in [6.45, 7) is 0. The Balaban J connectivity index is 1.38. The van der Waals surface area contributed by atoms with Crippen molar-refractivity contribution in [1.82, 2.24) is 9.97 Å². The van der Waals surface area contributed by atoms with Crippen LogP contribution in [0, 0.1) is 0 Å². The molecule has 8 aromatic rings. The molecule has 0 aliphatic heterocycles. The second-order valence-electron chi connectivity index (χ2n) is 9.05. The van der Waals surface area contributed by atoms with Gasteiger partial charge in [-0.3, -0.25) is 0 Å². The number of hydrogen-bond acceptors (Lipinski definition) is 2. The van der Waals surface area contributed by atoms with Gasteiger partial charge in [-0.05, 0) is 0 Å². The molecular formula is C32H18N2Se2. The summed E-state index contributed by atoms with van der Waals surface area (Å²) < 4.78 is 4.68. The monoisotopic (exact) mass is 590 g/mol. The van der Waals surface area contributed by atoms with E-state index >= 15 is 0 Å². The minimum absolute atomic E-state index is 0.403. The molecule has 0 aliphatic carbocycles. The van der Waals surface area contributed by atoms with Crippen LogP contribution in [0.25, 0.3) is 71.9 Å². The average molecular weight is 588 g/mol. The van der Waals surface area contributed by atoms with E-state index in [0.717, 1.165) is 11.0 Å². The van der Waals surface area contributed by atoms with Crippen molar-refractivity contribution < 1.29 is 0 Å². The summed E-state index contributed by atoms with van der Waals surface area (Å²) in [5.74, 6) is 0. The van der Waals surface area contributed by atoms with Gasteiger partial charge in [0.2, 0.25) is 0 Å². The van der Waals surface area contributed by atoms with Crippen molar-refractivity contribution in [3.8, 4) is 22.3 Å². The predicted molar refractivity (Wildman–Crippen MR) is 154 cm³/mol. The van der Waals surface area contributed by atoms with Crippen LogP contribution >= 0.6 is 0 Å². The van der Waals surface area contributed by atoms with Crippen LogP contribution in [0.15, 0.2) is 109 Å². The Morgan fingerprint density at radius 3 is 1.53 bits per heavy atom. The first-order chi connectivity index (χ1) is 17.8. The first-order valence-electron chi connectivity index (χ1n) is 11.9. The number of benzene rings is 4. The standard InChI is InChI=1S/C32H18N2Se2/c1-5-19-7-3-15-33-30(19)23(9-1)21-11-13-27-25(17-21)29-26-18-22(12-14-28(26)36-32(29)35-27)24-10-2-6-20-8-4-16-34-31(20)24/h1-18H. The van der Waals surface area contributed by atoms with E-state index in [-0.39, 0.29) is 0 Å². The van der Waals surface area contributed by atoms with Crippen LogP contribution < -0.4 is 0 Å². The molecule has 4 heterocycles. The molecule has 0 N–H and O–H groups in total. The van der Waals surface area contributed by atoms with E-state index in [2.05, 4.69) is 84.9 Å². The molecule has 0 saturated heterocycles. The molecule has 0 radical (unpaired) electrons. The Morgan fingerprint density at radius 2 is 1.00 bits per heavy atom. The molecule has 0 fully saturated rings. The first-order valence-corrected chi connectivity index (χ1v) is 15.3. The minimum atomic E-state index is 0.403. The average Bonchev–Trinajstić information content (AvgIpc) is 3.47. The van der Waals surface area contributed by atoms with Gasteiger partial charge in [0.15, 0.2) is 0 Å². The quantitative estimate of drug-likeness (QED) is 0.194. The Labute approximate surface area is 219 Å². The fraction of sp³-hybridized carbons (Fsp3) is 0. The molecule has 0 atom stereocenters. The Morgan fingerprint density at radius 1 is 0.500 bits per heavy atom. The molecule has 0 saturated carbocycles. The maximum absolute atomic E-state index is 4.71. The van der Waals surface area contributed by atoms with Crippen LogP contribution in [-0.4, -0.2) is 39.0 Å². The van der Waals surface area contributed by atoms with Gasteiger partial charge >= 0.3 is 220 Å². The van der Waals surface area contributed by atoms with Crippen LogP contribution in [0.3, 0.4) is 0 Å². The third-order valence-corrected chi connectivity index (χ3v) is 12.9. The van der Waals surface area contributed by atoms with Gasteiger partial charge < -0.3 is 0 Å². The molecule has 0 amide bonds. The Bertz CT molecular complexity index is 1960. The Kier molecular flexibility index (Phi) is 4.59. The maximum atomic E-state index is 4.71. The molecule has 0 unspecified atom stereocenters. The zero-order valence-corrected chi connectivity index (χ0v) is 22.5. The second kappa shape index (κ2) is 7.99. The van der Waals surface area contributed by atoms with Crippen LogP contribution in [0.4, 0.5) is 0 Å². The van der Waals surface area contributed by atoms with Crippen molar-refractivity contribution in [2.75, 3.05) is 0 Å². The summed E-state index contributed by atoms with van der Waals surface area (Å²) in [6.07, 6.45) is 3.78. The third-order valence-electron chi connectivity index (χ3n) is 6.99. The van der Waals surface area contributed by atoms with Crippen LogP contribution in [-0.2, 0) is 0 Å². The van der Waals surface area contributed by atoms with Gasteiger partial charge in [0, 0.05) is 0 Å². The van der Waals surface area contributed by atoms with E-state index < -0.39 is 0 Å². The van der Waals surface area contributed by atoms with Crippen LogP contribution in [0.1, 0.15) is 0 Å². The van der Waals surface area contributed by atoms with E-state index in [4.69, 9.17) is 9.97 Å². The van der Waals surface area contributed by atoms with E-state index in [1.807, 2.05) is 24.5 Å². The summed E-state index contributed by atoms with van der Waals surface area (Å²) in [6, 6.07) is 35.4. The van der Waals surface area contributed by atoms with Gasteiger partial charge in [0.05, 0.1) is 0 Å². The zero-order valence-electron chi connectivity index (χ0n) is 19.1. The molecule has 2 nitrogen and oxygen atoms in total. The van der Waals surface area contributed by atoms with Gasteiger partial charge in [0.1, 0.15) is 0 Å². The van der Waals surface area contributed by atoms with Gasteiger partial charge in [-0.2, -0.15) is 0 Å². The molecule has 8 rings (SSSR count). The molecule has 4 heteroatoms. The number of fused-ring (bicyclic) bond motifs is 7. The summed E-state index contributed by atoms with van der Waals surface area (Å²) in [4.78, 5) is 9.43. The van der Waals surface area contributed by atoms with Crippen molar-refractivity contribution >= 4 is 78.6 Å². The molecule has 4 aromatic heterocycles. The fourth-order valence-electron chi connectivity index (χ4n) is 5.33. The number of pyridine rings is 2. The van der Waals surface area contributed by atoms with Gasteiger partial charge in [-0.1, -0.05) is 0 Å². The number of rotatable bonds is 2. The number of nitrogens with zero attached hydrogens (tertiary/aromatic N) is 2. The summed E-state index contributed by atoms with van der Waals surface area (Å²) in [7, 11) is 0. The van der Waals surface area contributed by atoms with Crippen molar-refractivity contribution in [3.63, 3.8) is 0 Å². The first kappa shape index (κ1) is 20.6.